The summed E-state index contributed by atoms with van der Waals surface area (Å²) in [6, 6.07) is 2.94. The van der Waals surface area contributed by atoms with E-state index in [9.17, 15) is 14.7 Å². The van der Waals surface area contributed by atoms with Crippen LogP contribution in [0.4, 0.5) is 0 Å². The zero-order chi connectivity index (χ0) is 16.4. The predicted molar refractivity (Wildman–Crippen MR) is 83.8 cm³/mol. The summed E-state index contributed by atoms with van der Waals surface area (Å²) in [5, 5.41) is 9.76. The van der Waals surface area contributed by atoms with Gasteiger partial charge in [-0.1, -0.05) is 30.1 Å². The average Bonchev–Trinajstić information content (AvgIpc) is 2.48. The van der Waals surface area contributed by atoms with Gasteiger partial charge in [-0.2, -0.15) is 0 Å². The summed E-state index contributed by atoms with van der Waals surface area (Å²) in [6.07, 6.45) is 0.567. The second kappa shape index (κ2) is 6.75. The highest BCUT2D eigenvalue weighted by molar-refractivity contribution is 6.42. The van der Waals surface area contributed by atoms with E-state index in [1.165, 1.54) is 24.1 Å². The smallest absolute Gasteiger partial charge is 0.308 e. The molecule has 120 valence electrons. The third kappa shape index (κ3) is 3.47. The molecule has 1 fully saturated rings. The summed E-state index contributed by atoms with van der Waals surface area (Å²) in [7, 11) is 1.44. The largest absolute Gasteiger partial charge is 0.496 e. The van der Waals surface area contributed by atoms with Crippen LogP contribution in [0, 0.1) is 11.8 Å². The SMILES string of the molecule is COc1cc(Cl)c(Cl)cc1C(=O)N1CC(C)CC(C(=O)O)C1. The second-order valence-corrected chi connectivity index (χ2v) is 6.37. The topological polar surface area (TPSA) is 66.8 Å². The van der Waals surface area contributed by atoms with Crippen molar-refractivity contribution in [2.45, 2.75) is 13.3 Å². The number of aliphatic carboxylic acids is 1. The summed E-state index contributed by atoms with van der Waals surface area (Å²) >= 11 is 11.9. The molecule has 2 atom stereocenters. The highest BCUT2D eigenvalue weighted by Crippen LogP contribution is 2.32. The molecule has 2 rings (SSSR count). The monoisotopic (exact) mass is 345 g/mol. The molecule has 0 spiro atoms. The lowest BCUT2D eigenvalue weighted by Crippen LogP contribution is -2.45. The third-order valence-electron chi connectivity index (χ3n) is 3.77. The van der Waals surface area contributed by atoms with Gasteiger partial charge in [-0.15, -0.1) is 0 Å². The van der Waals surface area contributed by atoms with Crippen molar-refractivity contribution in [1.82, 2.24) is 4.90 Å². The molecule has 5 nitrogen and oxygen atoms in total. The molecule has 7 heteroatoms. The number of nitrogens with zero attached hydrogens (tertiary/aromatic N) is 1. The molecule has 0 saturated carbocycles. The number of carbonyl (C=O) groups excluding carboxylic acids is 1. The van der Waals surface area contributed by atoms with Gasteiger partial charge in [0.05, 0.1) is 28.6 Å². The van der Waals surface area contributed by atoms with Crippen LogP contribution in [0.25, 0.3) is 0 Å². The van der Waals surface area contributed by atoms with Crippen LogP contribution in [0.2, 0.25) is 10.0 Å². The van der Waals surface area contributed by atoms with Gasteiger partial charge < -0.3 is 14.7 Å². The van der Waals surface area contributed by atoms with Gasteiger partial charge in [0.2, 0.25) is 0 Å². The summed E-state index contributed by atoms with van der Waals surface area (Å²) < 4.78 is 5.19. The average molecular weight is 346 g/mol. The van der Waals surface area contributed by atoms with Crippen molar-refractivity contribution < 1.29 is 19.4 Å². The molecular formula is C15H17Cl2NO4. The Bertz CT molecular complexity index is 605. The Morgan fingerprint density at radius 3 is 2.50 bits per heavy atom. The summed E-state index contributed by atoms with van der Waals surface area (Å²) in [4.78, 5) is 25.5. The Labute approximate surface area is 138 Å². The number of methoxy groups -OCH3 is 1. The number of benzene rings is 1. The van der Waals surface area contributed by atoms with E-state index in [4.69, 9.17) is 27.9 Å². The summed E-state index contributed by atoms with van der Waals surface area (Å²) in [6.45, 7) is 2.62. The molecule has 1 amide bonds. The lowest BCUT2D eigenvalue weighted by Gasteiger charge is -2.35. The fourth-order valence-corrected chi connectivity index (χ4v) is 3.05. The van der Waals surface area contributed by atoms with Gasteiger partial charge >= 0.3 is 5.97 Å². The number of halogens is 2. The number of piperidine rings is 1. The molecule has 0 aromatic heterocycles. The van der Waals surface area contributed by atoms with E-state index in [1.807, 2.05) is 6.92 Å². The van der Waals surface area contributed by atoms with Gasteiger partial charge in [0.25, 0.3) is 5.91 Å². The maximum absolute atomic E-state index is 12.7. The Morgan fingerprint density at radius 2 is 1.91 bits per heavy atom. The van der Waals surface area contributed by atoms with Crippen LogP contribution in [-0.2, 0) is 4.79 Å². The molecular weight excluding hydrogens is 329 g/mol. The molecule has 1 heterocycles. The van der Waals surface area contributed by atoms with Crippen LogP contribution >= 0.6 is 23.2 Å². The zero-order valence-corrected chi connectivity index (χ0v) is 13.8. The van der Waals surface area contributed by atoms with Crippen molar-refractivity contribution in [1.29, 1.82) is 0 Å². The first-order valence-corrected chi connectivity index (χ1v) is 7.64. The van der Waals surface area contributed by atoms with Crippen LogP contribution in [0.1, 0.15) is 23.7 Å². The van der Waals surface area contributed by atoms with Gasteiger partial charge in [0.1, 0.15) is 5.75 Å². The minimum atomic E-state index is -0.884. The van der Waals surface area contributed by atoms with E-state index in [0.29, 0.717) is 23.7 Å². The Morgan fingerprint density at radius 1 is 1.27 bits per heavy atom. The van der Waals surface area contributed by atoms with Gasteiger partial charge in [0, 0.05) is 19.2 Å². The van der Waals surface area contributed by atoms with Crippen molar-refractivity contribution in [2.24, 2.45) is 11.8 Å². The first-order valence-electron chi connectivity index (χ1n) is 6.88. The van der Waals surface area contributed by atoms with Crippen molar-refractivity contribution in [3.05, 3.63) is 27.7 Å². The van der Waals surface area contributed by atoms with E-state index < -0.39 is 11.9 Å². The predicted octanol–water partition coefficient (Wildman–Crippen LogP) is 3.18. The van der Waals surface area contributed by atoms with E-state index in [2.05, 4.69) is 0 Å². The molecule has 1 aromatic carbocycles. The fraction of sp³-hybridized carbons (Fsp3) is 0.467. The number of hydrogen-bond donors (Lipinski definition) is 1. The van der Waals surface area contributed by atoms with Crippen LogP contribution in [-0.4, -0.2) is 42.1 Å². The maximum Gasteiger partial charge on any atom is 0.308 e. The molecule has 0 aliphatic carbocycles. The minimum absolute atomic E-state index is 0.118. The molecule has 1 saturated heterocycles. The number of carboxylic acid groups (broad SMARTS) is 1. The van der Waals surface area contributed by atoms with Crippen molar-refractivity contribution >= 4 is 35.1 Å². The summed E-state index contributed by atoms with van der Waals surface area (Å²) in [5.41, 5.74) is 0.287. The Hall–Kier alpha value is -1.46. The molecule has 22 heavy (non-hydrogen) atoms. The van der Waals surface area contributed by atoms with E-state index in [1.54, 1.807) is 0 Å². The van der Waals surface area contributed by atoms with Gasteiger partial charge in [-0.3, -0.25) is 9.59 Å². The number of carboxylic acids is 1. The van der Waals surface area contributed by atoms with Gasteiger partial charge in [-0.25, -0.2) is 0 Å². The van der Waals surface area contributed by atoms with Gasteiger partial charge in [-0.05, 0) is 18.4 Å². The number of rotatable bonds is 3. The molecule has 1 aliphatic rings. The second-order valence-electron chi connectivity index (χ2n) is 5.55. The lowest BCUT2D eigenvalue weighted by molar-refractivity contribution is -0.143. The highest BCUT2D eigenvalue weighted by atomic mass is 35.5. The maximum atomic E-state index is 12.7. The fourth-order valence-electron chi connectivity index (χ4n) is 2.73. The first kappa shape index (κ1) is 16.9. The first-order chi connectivity index (χ1) is 10.3. The molecule has 1 N–H and O–H groups in total. The van der Waals surface area contributed by atoms with E-state index >= 15 is 0 Å². The lowest BCUT2D eigenvalue weighted by atomic mass is 9.90. The summed E-state index contributed by atoms with van der Waals surface area (Å²) in [5.74, 6) is -1.29. The Balaban J connectivity index is 2.31. The van der Waals surface area contributed by atoms with Crippen LogP contribution in [0.3, 0.4) is 0 Å². The quantitative estimate of drug-likeness (QED) is 0.913. The van der Waals surface area contributed by atoms with Crippen LogP contribution in [0.15, 0.2) is 12.1 Å². The van der Waals surface area contributed by atoms with Gasteiger partial charge in [0.15, 0.2) is 0 Å². The normalized spacial score (nSPS) is 21.5. The minimum Gasteiger partial charge on any atom is -0.496 e. The molecule has 1 aromatic rings. The van der Waals surface area contributed by atoms with Crippen molar-refractivity contribution in [2.75, 3.05) is 20.2 Å². The molecule has 2 unspecified atom stereocenters. The van der Waals surface area contributed by atoms with E-state index in [0.717, 1.165) is 0 Å². The van der Waals surface area contributed by atoms with Crippen LogP contribution < -0.4 is 4.74 Å². The number of likely N-dealkylation sites (tertiary alicyclic amines) is 1. The van der Waals surface area contributed by atoms with Crippen molar-refractivity contribution in [3.63, 3.8) is 0 Å². The molecule has 0 radical (unpaired) electrons. The number of ether oxygens (including phenoxy) is 1. The zero-order valence-electron chi connectivity index (χ0n) is 12.3. The van der Waals surface area contributed by atoms with Crippen LogP contribution in [0.5, 0.6) is 5.75 Å². The number of amides is 1. The Kier molecular flexibility index (Phi) is 5.19. The van der Waals surface area contributed by atoms with Crippen molar-refractivity contribution in [3.8, 4) is 5.75 Å². The number of carbonyl (C=O) groups is 2. The molecule has 0 bridgehead atoms. The van der Waals surface area contributed by atoms with E-state index in [-0.39, 0.29) is 29.0 Å². The third-order valence-corrected chi connectivity index (χ3v) is 4.49. The number of hydrogen-bond acceptors (Lipinski definition) is 3. The molecule has 1 aliphatic heterocycles. The highest BCUT2D eigenvalue weighted by Gasteiger charge is 2.33. The standard InChI is InChI=1S/C15H17Cl2NO4/c1-8-3-9(15(20)21)7-18(6-8)14(19)10-4-11(16)12(17)5-13(10)22-2/h4-5,8-9H,3,6-7H2,1-2H3,(H,20,21).